The summed E-state index contributed by atoms with van der Waals surface area (Å²) in [4.78, 5) is 28.7. The molecule has 10 heteroatoms. The van der Waals surface area contributed by atoms with Crippen LogP contribution in [0.25, 0.3) is 16.7 Å². The van der Waals surface area contributed by atoms with Gasteiger partial charge in [-0.15, -0.1) is 0 Å². The van der Waals surface area contributed by atoms with Crippen LogP contribution in [-0.2, 0) is 14.8 Å². The molecule has 2 amide bonds. The van der Waals surface area contributed by atoms with Crippen molar-refractivity contribution in [3.8, 4) is 5.69 Å². The number of hydrogen-bond acceptors (Lipinski definition) is 5. The average molecular weight is 464 g/mol. The Morgan fingerprint density at radius 2 is 1.61 bits per heavy atom. The minimum atomic E-state index is -3.62. The summed E-state index contributed by atoms with van der Waals surface area (Å²) in [5.41, 5.74) is 3.76. The molecule has 9 nitrogen and oxygen atoms in total. The summed E-state index contributed by atoms with van der Waals surface area (Å²) in [6.45, 7) is 1.34. The number of imidazole rings is 1. The van der Waals surface area contributed by atoms with E-state index in [1.165, 1.54) is 25.1 Å². The van der Waals surface area contributed by atoms with Crippen molar-refractivity contribution in [1.82, 2.24) is 9.55 Å². The predicted molar refractivity (Wildman–Crippen MR) is 128 cm³/mol. The maximum Gasteiger partial charge on any atom is 0.257 e. The Bertz CT molecular complexity index is 1460. The van der Waals surface area contributed by atoms with Crippen molar-refractivity contribution in [2.45, 2.75) is 6.92 Å². The second-order valence-electron chi connectivity index (χ2n) is 7.42. The number of hydrogen-bond donors (Lipinski definition) is 3. The van der Waals surface area contributed by atoms with E-state index in [1.54, 1.807) is 18.5 Å². The van der Waals surface area contributed by atoms with Crippen LogP contribution in [0.2, 0.25) is 0 Å². The third-order valence-corrected chi connectivity index (χ3v) is 5.33. The first-order chi connectivity index (χ1) is 15.7. The van der Waals surface area contributed by atoms with E-state index < -0.39 is 15.9 Å². The number of sulfonamides is 1. The Morgan fingerprint density at radius 1 is 0.909 bits per heavy atom. The van der Waals surface area contributed by atoms with E-state index in [1.807, 2.05) is 41.0 Å². The minimum absolute atomic E-state index is 0.0661. The summed E-state index contributed by atoms with van der Waals surface area (Å²) in [5.74, 6) is -0.845. The van der Waals surface area contributed by atoms with E-state index in [2.05, 4.69) is 20.3 Å². The van der Waals surface area contributed by atoms with Gasteiger partial charge in [0, 0.05) is 24.0 Å². The van der Waals surface area contributed by atoms with Crippen molar-refractivity contribution < 1.29 is 18.0 Å². The molecule has 0 saturated carbocycles. The first-order valence-corrected chi connectivity index (χ1v) is 11.8. The fourth-order valence-electron chi connectivity index (χ4n) is 3.37. The first-order valence-electron chi connectivity index (χ1n) is 9.93. The molecule has 33 heavy (non-hydrogen) atoms. The van der Waals surface area contributed by atoms with Crippen LogP contribution < -0.4 is 15.4 Å². The van der Waals surface area contributed by atoms with Gasteiger partial charge in [-0.1, -0.05) is 12.1 Å². The monoisotopic (exact) mass is 463 g/mol. The highest BCUT2D eigenvalue weighted by Crippen LogP contribution is 2.24. The van der Waals surface area contributed by atoms with E-state index in [4.69, 9.17) is 0 Å². The van der Waals surface area contributed by atoms with Crippen LogP contribution in [0.5, 0.6) is 0 Å². The maximum atomic E-state index is 13.0. The van der Waals surface area contributed by atoms with Gasteiger partial charge < -0.3 is 10.6 Å². The molecule has 0 unspecified atom stereocenters. The van der Waals surface area contributed by atoms with Crippen molar-refractivity contribution >= 4 is 49.9 Å². The normalized spacial score (nSPS) is 11.2. The topological polar surface area (TPSA) is 122 Å². The summed E-state index contributed by atoms with van der Waals surface area (Å²) in [6.07, 6.45) is 2.73. The molecule has 4 rings (SSSR count). The SMILES string of the molecule is CC(=O)Nc1ccc(NS(C)(=O)=O)c(C(=O)Nc2ccc(-n3cnc4ccccc43)cc2)c1. The van der Waals surface area contributed by atoms with Crippen molar-refractivity contribution in [2.75, 3.05) is 21.6 Å². The molecule has 3 aromatic carbocycles. The van der Waals surface area contributed by atoms with E-state index in [0.717, 1.165) is 23.0 Å². The lowest BCUT2D eigenvalue weighted by Gasteiger charge is -2.14. The Balaban J connectivity index is 1.60. The molecular formula is C23H21N5O4S. The van der Waals surface area contributed by atoms with Crippen LogP contribution >= 0.6 is 0 Å². The molecule has 0 aliphatic rings. The second-order valence-corrected chi connectivity index (χ2v) is 9.17. The van der Waals surface area contributed by atoms with Crippen LogP contribution in [0.1, 0.15) is 17.3 Å². The van der Waals surface area contributed by atoms with Crippen LogP contribution in [0, 0.1) is 0 Å². The number of nitrogens with one attached hydrogen (secondary N) is 3. The highest BCUT2D eigenvalue weighted by atomic mass is 32.2. The van der Waals surface area contributed by atoms with Gasteiger partial charge in [-0.3, -0.25) is 18.9 Å². The summed E-state index contributed by atoms with van der Waals surface area (Å²) in [5, 5.41) is 5.35. The van der Waals surface area contributed by atoms with E-state index in [0.29, 0.717) is 11.4 Å². The number of rotatable bonds is 6. The number of para-hydroxylation sites is 2. The molecule has 168 valence electrons. The van der Waals surface area contributed by atoms with Gasteiger partial charge in [0.2, 0.25) is 15.9 Å². The number of anilines is 3. The lowest BCUT2D eigenvalue weighted by atomic mass is 10.1. The van der Waals surface area contributed by atoms with Crippen molar-refractivity contribution in [3.63, 3.8) is 0 Å². The lowest BCUT2D eigenvalue weighted by Crippen LogP contribution is -2.18. The van der Waals surface area contributed by atoms with E-state index in [9.17, 15) is 18.0 Å². The van der Waals surface area contributed by atoms with Gasteiger partial charge in [-0.25, -0.2) is 13.4 Å². The molecule has 1 heterocycles. The van der Waals surface area contributed by atoms with Gasteiger partial charge in [-0.05, 0) is 54.6 Å². The Morgan fingerprint density at radius 3 is 2.30 bits per heavy atom. The van der Waals surface area contributed by atoms with Gasteiger partial charge in [0.1, 0.15) is 6.33 Å². The van der Waals surface area contributed by atoms with Crippen LogP contribution in [0.3, 0.4) is 0 Å². The molecule has 0 spiro atoms. The molecule has 0 fully saturated rings. The molecule has 0 bridgehead atoms. The Labute approximate surface area is 190 Å². The number of carbonyl (C=O) groups is 2. The summed E-state index contributed by atoms with van der Waals surface area (Å²) < 4.78 is 27.7. The Kier molecular flexibility index (Phi) is 5.84. The molecule has 0 aliphatic carbocycles. The standard InChI is InChI=1S/C23H21N5O4S/c1-15(29)25-17-9-12-20(27-33(2,31)32)19(13-17)23(30)26-16-7-10-18(11-8-16)28-14-24-21-5-3-4-6-22(21)28/h3-14,27H,1-2H3,(H,25,29)(H,26,30). The van der Waals surface area contributed by atoms with Crippen molar-refractivity contribution in [1.29, 1.82) is 0 Å². The molecule has 4 aromatic rings. The zero-order valence-electron chi connectivity index (χ0n) is 17.9. The number of amides is 2. The molecule has 0 aliphatic heterocycles. The predicted octanol–water partition coefficient (Wildman–Crippen LogP) is 3.61. The third-order valence-electron chi connectivity index (χ3n) is 4.74. The van der Waals surface area contributed by atoms with Gasteiger partial charge in [0.05, 0.1) is 28.5 Å². The number of aromatic nitrogens is 2. The number of carbonyl (C=O) groups excluding carboxylic acids is 2. The highest BCUT2D eigenvalue weighted by Gasteiger charge is 2.16. The fourth-order valence-corrected chi connectivity index (χ4v) is 3.95. The zero-order valence-corrected chi connectivity index (χ0v) is 18.7. The van der Waals surface area contributed by atoms with Crippen LogP contribution in [-0.4, -0.2) is 36.0 Å². The van der Waals surface area contributed by atoms with Gasteiger partial charge >= 0.3 is 0 Å². The van der Waals surface area contributed by atoms with Crippen LogP contribution in [0.4, 0.5) is 17.1 Å². The van der Waals surface area contributed by atoms with Crippen molar-refractivity contribution in [3.05, 3.63) is 78.6 Å². The second kappa shape index (κ2) is 8.75. The average Bonchev–Trinajstić information content (AvgIpc) is 3.18. The van der Waals surface area contributed by atoms with Gasteiger partial charge in [0.25, 0.3) is 5.91 Å². The molecule has 0 saturated heterocycles. The maximum absolute atomic E-state index is 13.0. The summed E-state index contributed by atoms with van der Waals surface area (Å²) >= 11 is 0. The van der Waals surface area contributed by atoms with Crippen LogP contribution in [0.15, 0.2) is 73.1 Å². The number of nitrogens with zero attached hydrogens (tertiary/aromatic N) is 2. The first kappa shape index (κ1) is 22.0. The third kappa shape index (κ3) is 5.18. The van der Waals surface area contributed by atoms with E-state index >= 15 is 0 Å². The molecule has 0 atom stereocenters. The van der Waals surface area contributed by atoms with Gasteiger partial charge in [0.15, 0.2) is 0 Å². The van der Waals surface area contributed by atoms with Gasteiger partial charge in [-0.2, -0.15) is 0 Å². The zero-order chi connectivity index (χ0) is 23.6. The quantitative estimate of drug-likeness (QED) is 0.403. The smallest absolute Gasteiger partial charge is 0.257 e. The molecule has 3 N–H and O–H groups in total. The fraction of sp³-hybridized carbons (Fsp3) is 0.0870. The Hall–Kier alpha value is -4.18. The van der Waals surface area contributed by atoms with Crippen molar-refractivity contribution in [2.24, 2.45) is 0 Å². The molecule has 0 radical (unpaired) electrons. The molecule has 1 aromatic heterocycles. The summed E-state index contributed by atoms with van der Waals surface area (Å²) in [7, 11) is -3.62. The number of fused-ring (bicyclic) bond motifs is 1. The lowest BCUT2D eigenvalue weighted by molar-refractivity contribution is -0.114. The number of benzene rings is 3. The summed E-state index contributed by atoms with van der Waals surface area (Å²) in [6, 6.07) is 19.3. The minimum Gasteiger partial charge on any atom is -0.326 e. The largest absolute Gasteiger partial charge is 0.326 e. The van der Waals surface area contributed by atoms with E-state index in [-0.39, 0.29) is 17.2 Å². The highest BCUT2D eigenvalue weighted by molar-refractivity contribution is 7.92. The molecular weight excluding hydrogens is 442 g/mol.